The summed E-state index contributed by atoms with van der Waals surface area (Å²) in [6.07, 6.45) is 0. The molecule has 10 nitrogen and oxygen atoms in total. The Morgan fingerprint density at radius 3 is 0.641 bits per heavy atom. The van der Waals surface area contributed by atoms with Crippen LogP contribution in [-0.2, 0) is 0 Å². The average molecular weight is 1490 g/mol. The highest BCUT2D eigenvalue weighted by molar-refractivity contribution is 7.03. The van der Waals surface area contributed by atoms with Crippen LogP contribution in [0.1, 0.15) is 0 Å². The number of fused-ring (bicyclic) bond motifs is 20. The Hall–Kier alpha value is -14.9. The molecule has 0 fully saturated rings. The number of benzene rings is 17. The van der Waals surface area contributed by atoms with E-state index in [0.29, 0.717) is 0 Å². The summed E-state index contributed by atoms with van der Waals surface area (Å²) < 4.78 is 39.5. The van der Waals surface area contributed by atoms with Crippen LogP contribution in [0.15, 0.2) is 382 Å². The van der Waals surface area contributed by atoms with Crippen molar-refractivity contribution in [1.82, 2.24) is 0 Å². The molecule has 0 aromatic heterocycles. The van der Waals surface area contributed by atoms with Gasteiger partial charge in [0.2, 0.25) is 0 Å². The Balaban J connectivity index is 0.000000100. The summed E-state index contributed by atoms with van der Waals surface area (Å²) in [6.45, 7) is 0.223. The van der Waals surface area contributed by atoms with Crippen molar-refractivity contribution in [1.29, 1.82) is 0 Å². The SMILES string of the molecule is c1ccc(N2c3ccccc3B3c4cc5c(cc4Oc4cccc2c43)B2c3ccccc3N(c3ccccc3)c3cccc(c32)O5)cc1.c1ccc(N2c3ccccc3B3c4ccccc4N(c4ccccc4)c4cccc2c43)cc1.c1ccc2c(c1)Oc1cccc3c1B2c1cc2c(cc1O3)B1c3ccccc3Oc3cccc(c31)O2. The van der Waals surface area contributed by atoms with E-state index in [-0.39, 0.29) is 33.6 Å². The first kappa shape index (κ1) is 65.6. The molecule has 10 aliphatic rings. The highest BCUT2D eigenvalue weighted by Crippen LogP contribution is 2.48. The number of anilines is 12. The van der Waals surface area contributed by atoms with Crippen molar-refractivity contribution in [3.8, 4) is 69.0 Å². The molecular weight excluding hydrogens is 1430 g/mol. The third-order valence-electron chi connectivity index (χ3n) is 24.9. The molecule has 0 N–H and O–H groups in total. The van der Waals surface area contributed by atoms with E-state index >= 15 is 0 Å². The number of hydrogen-bond acceptors (Lipinski definition) is 10. The van der Waals surface area contributed by atoms with Gasteiger partial charge in [0.1, 0.15) is 69.0 Å². The van der Waals surface area contributed by atoms with Gasteiger partial charge in [-0.1, -0.05) is 212 Å². The maximum absolute atomic E-state index is 6.90. The van der Waals surface area contributed by atoms with Crippen LogP contribution in [0, 0.1) is 0 Å². The normalized spacial score (nSPS) is 13.9. The summed E-state index contributed by atoms with van der Waals surface area (Å²) >= 11 is 0. The number of rotatable bonds is 4. The molecule has 0 bridgehead atoms. The van der Waals surface area contributed by atoms with Gasteiger partial charge in [-0.3, -0.25) is 0 Å². The summed E-state index contributed by atoms with van der Waals surface area (Å²) in [6, 6.07) is 135. The van der Waals surface area contributed by atoms with Gasteiger partial charge < -0.3 is 48.0 Å². The van der Waals surface area contributed by atoms with Crippen LogP contribution in [0.25, 0.3) is 0 Å². The smallest absolute Gasteiger partial charge is 0.260 e. The Morgan fingerprint density at radius 2 is 0.333 bits per heavy atom. The van der Waals surface area contributed by atoms with Crippen molar-refractivity contribution in [2.24, 2.45) is 0 Å². The molecule has 117 heavy (non-hydrogen) atoms. The van der Waals surface area contributed by atoms with E-state index in [0.717, 1.165) is 135 Å². The fraction of sp³-hybridized carbons (Fsp3) is 0. The zero-order valence-corrected chi connectivity index (χ0v) is 63.0. The van der Waals surface area contributed by atoms with Gasteiger partial charge in [0.15, 0.2) is 0 Å². The van der Waals surface area contributed by atoms with E-state index < -0.39 is 0 Å². The van der Waals surface area contributed by atoms with Crippen LogP contribution in [0.2, 0.25) is 0 Å². The maximum atomic E-state index is 6.90. The first-order valence-corrected chi connectivity index (χ1v) is 40.1. The van der Waals surface area contributed by atoms with Crippen LogP contribution in [-0.4, -0.2) is 33.6 Å². The van der Waals surface area contributed by atoms with Crippen molar-refractivity contribution < 1.29 is 28.4 Å². The molecule has 542 valence electrons. The second-order valence-corrected chi connectivity index (χ2v) is 31.1. The molecule has 27 rings (SSSR count). The zero-order valence-electron chi connectivity index (χ0n) is 63.0. The van der Waals surface area contributed by atoms with E-state index in [1.165, 1.54) is 83.7 Å². The summed E-state index contributed by atoms with van der Waals surface area (Å²) in [4.78, 5) is 9.57. The Labute approximate surface area is 678 Å². The van der Waals surface area contributed by atoms with Crippen molar-refractivity contribution in [2.75, 3.05) is 19.6 Å². The molecule has 0 radical (unpaired) electrons. The summed E-state index contributed by atoms with van der Waals surface area (Å²) in [5.74, 6) is 10.4. The van der Waals surface area contributed by atoms with Gasteiger partial charge in [-0.05, 0) is 241 Å². The molecular formula is C102H63B5N4O6. The lowest BCUT2D eigenvalue weighted by Crippen LogP contribution is -2.62. The third-order valence-corrected chi connectivity index (χ3v) is 24.9. The lowest BCUT2D eigenvalue weighted by molar-refractivity contribution is 0.457. The monoisotopic (exact) mass is 1490 g/mol. The fourth-order valence-corrected chi connectivity index (χ4v) is 20.3. The number of hydrogen-bond donors (Lipinski definition) is 0. The topological polar surface area (TPSA) is 68.3 Å². The predicted octanol–water partition coefficient (Wildman–Crippen LogP) is 15.4. The first-order valence-electron chi connectivity index (χ1n) is 40.1. The lowest BCUT2D eigenvalue weighted by Gasteiger charge is -2.44. The van der Waals surface area contributed by atoms with Gasteiger partial charge in [-0.25, -0.2) is 0 Å². The molecule has 17 aromatic carbocycles. The Morgan fingerprint density at radius 1 is 0.137 bits per heavy atom. The minimum atomic E-state index is 0.00459. The number of para-hydroxylation sites is 10. The minimum Gasteiger partial charge on any atom is -0.458 e. The summed E-state index contributed by atoms with van der Waals surface area (Å²) in [5, 5.41) is 0. The van der Waals surface area contributed by atoms with Crippen molar-refractivity contribution in [3.63, 3.8) is 0 Å². The highest BCUT2D eigenvalue weighted by atomic mass is 16.5. The lowest BCUT2D eigenvalue weighted by atomic mass is 9.32. The van der Waals surface area contributed by atoms with E-state index in [4.69, 9.17) is 28.4 Å². The van der Waals surface area contributed by atoms with Crippen molar-refractivity contribution in [2.45, 2.75) is 0 Å². The molecule has 0 spiro atoms. The van der Waals surface area contributed by atoms with Crippen molar-refractivity contribution in [3.05, 3.63) is 382 Å². The van der Waals surface area contributed by atoms with E-state index in [1.54, 1.807) is 0 Å². The number of nitrogens with zero attached hydrogens (tertiary/aromatic N) is 4. The summed E-state index contributed by atoms with van der Waals surface area (Å²) in [5.41, 5.74) is 32.1. The molecule has 0 amide bonds. The largest absolute Gasteiger partial charge is 0.458 e. The molecule has 15 heteroatoms. The van der Waals surface area contributed by atoms with Gasteiger partial charge in [0.05, 0.1) is 0 Å². The van der Waals surface area contributed by atoms with Gasteiger partial charge >= 0.3 is 0 Å². The second kappa shape index (κ2) is 25.8. The molecule has 0 unspecified atom stereocenters. The van der Waals surface area contributed by atoms with E-state index in [9.17, 15) is 0 Å². The fourth-order valence-electron chi connectivity index (χ4n) is 20.3. The molecule has 10 aliphatic heterocycles. The predicted molar refractivity (Wildman–Crippen MR) is 480 cm³/mol. The first-order chi connectivity index (χ1) is 58.1. The molecule has 0 atom stereocenters. The van der Waals surface area contributed by atoms with Gasteiger partial charge in [-0.15, -0.1) is 0 Å². The van der Waals surface area contributed by atoms with Crippen LogP contribution in [0.3, 0.4) is 0 Å². The maximum Gasteiger partial charge on any atom is 0.260 e. The molecule has 10 heterocycles. The van der Waals surface area contributed by atoms with Crippen molar-refractivity contribution >= 4 is 184 Å². The molecule has 0 saturated heterocycles. The van der Waals surface area contributed by atoms with Gasteiger partial charge in [-0.2, -0.15) is 0 Å². The molecule has 0 aliphatic carbocycles. The van der Waals surface area contributed by atoms with E-state index in [1.807, 2.05) is 60.7 Å². The molecule has 0 saturated carbocycles. The van der Waals surface area contributed by atoms with E-state index in [2.05, 4.69) is 341 Å². The molecule has 17 aromatic rings. The Bertz CT molecular complexity index is 6610. The second-order valence-electron chi connectivity index (χ2n) is 31.1. The van der Waals surface area contributed by atoms with Crippen LogP contribution in [0.4, 0.5) is 68.2 Å². The third kappa shape index (κ3) is 9.87. The van der Waals surface area contributed by atoms with Gasteiger partial charge in [0, 0.05) is 79.2 Å². The quantitative estimate of drug-likeness (QED) is 0.159. The van der Waals surface area contributed by atoms with Crippen LogP contribution < -0.4 is 130 Å². The number of ether oxygens (including phenoxy) is 6. The summed E-state index contributed by atoms with van der Waals surface area (Å²) in [7, 11) is 0. The van der Waals surface area contributed by atoms with Crippen LogP contribution in [0.5, 0.6) is 69.0 Å². The Kier molecular flexibility index (Phi) is 14.5. The minimum absolute atomic E-state index is 0.00459. The van der Waals surface area contributed by atoms with Crippen LogP contribution >= 0.6 is 0 Å². The standard InChI is InChI=1S/C42H26B2N2O2.C30H16B2O4.C30H21BN2/c1-3-13-27(14-4-1)45-33-19-9-7-17-29(33)43-31-25-40-32(26-39(31)47-37-23-11-21-35(45)41(37)43)44-30-18-8-10-20-34(30)46(28-15-5-2-6-16-28)36-22-12-24-38(48-40)42(36)44;1-3-9-21-17(7-1)31-19-15-28-20(16-27(19)35-25-13-5-11-23(33-21)29(25)31)32-18-8-2-4-10-22(18)34-24-12-6-14-26(36-28)30(24)32;1-3-12-22(13-4-1)32-26-18-9-7-16-24(26)31-25-17-8-10-19-27(25)33(23-14-5-2-6-15-23)29-21-11-20-28(32)30(29)31/h1-26H;1-16H;1-21H. The van der Waals surface area contributed by atoms with Gasteiger partial charge in [0.25, 0.3) is 33.6 Å². The highest BCUT2D eigenvalue weighted by Gasteiger charge is 2.50. The average Bonchev–Trinajstić information content (AvgIpc) is 0.701. The zero-order chi connectivity index (χ0) is 76.5.